The van der Waals surface area contributed by atoms with Crippen molar-refractivity contribution in [1.29, 1.82) is 0 Å². The van der Waals surface area contributed by atoms with Gasteiger partial charge in [-0.2, -0.15) is 0 Å². The van der Waals surface area contributed by atoms with E-state index in [1.807, 2.05) is 0 Å². The molecule has 2 rings (SSSR count). The summed E-state index contributed by atoms with van der Waals surface area (Å²) in [6, 6.07) is 0. The molecular weight excluding hydrogens is 217 g/mol. The third-order valence-electron chi connectivity index (χ3n) is 1.99. The average molecular weight is 223 g/mol. The zero-order valence-corrected chi connectivity index (χ0v) is 11.3. The second-order valence-corrected chi connectivity index (χ2v) is 4.12. The van der Waals surface area contributed by atoms with Crippen LogP contribution in [0.15, 0.2) is 10.6 Å². The van der Waals surface area contributed by atoms with Crippen LogP contribution in [0.1, 0.15) is 13.3 Å². The van der Waals surface area contributed by atoms with Crippen molar-refractivity contribution in [2.24, 2.45) is 0 Å². The second kappa shape index (κ2) is 4.04. The molecule has 0 spiro atoms. The van der Waals surface area contributed by atoms with Crippen molar-refractivity contribution in [2.75, 3.05) is 0 Å². The Kier molecular flexibility index (Phi) is 3.65. The average Bonchev–Trinajstić information content (AvgIpc) is 2.22. The van der Waals surface area contributed by atoms with Crippen LogP contribution < -0.4 is 56.5 Å². The van der Waals surface area contributed by atoms with Gasteiger partial charge >= 0.3 is 51.4 Å². The van der Waals surface area contributed by atoms with Crippen LogP contribution in [-0.2, 0) is 9.59 Å². The van der Waals surface area contributed by atoms with Crippen LogP contribution in [0.3, 0.4) is 0 Å². The minimum absolute atomic E-state index is 0. The Morgan fingerprint density at radius 3 is 2.69 bits per heavy atom. The molecule has 1 amide bonds. The van der Waals surface area contributed by atoms with Gasteiger partial charge in [-0.05, 0) is 6.92 Å². The molecule has 2 aliphatic rings. The largest absolute Gasteiger partial charge is 1.00 e. The summed E-state index contributed by atoms with van der Waals surface area (Å²) in [6.07, 6.45) is 0.443. The van der Waals surface area contributed by atoms with E-state index in [0.29, 0.717) is 11.3 Å². The smallest absolute Gasteiger partial charge is 0.543 e. The Hall–Kier alpha value is 0.666. The molecule has 64 valence electrons. The molecule has 1 saturated heterocycles. The molecule has 13 heavy (non-hydrogen) atoms. The van der Waals surface area contributed by atoms with Gasteiger partial charge in [0.05, 0.1) is 23.5 Å². The fourth-order valence-corrected chi connectivity index (χ4v) is 2.68. The Bertz CT molecular complexity index is 315. The van der Waals surface area contributed by atoms with E-state index in [4.69, 9.17) is 0 Å². The summed E-state index contributed by atoms with van der Waals surface area (Å²) in [4.78, 5) is 23.5. The maximum atomic E-state index is 11.0. The Labute approximate surface area is 122 Å². The Morgan fingerprint density at radius 2 is 2.31 bits per heavy atom. The number of amides is 1. The number of carboxylic acids is 1. The van der Waals surface area contributed by atoms with Gasteiger partial charge in [0.15, 0.2) is 0 Å². The summed E-state index contributed by atoms with van der Waals surface area (Å²) < 4.78 is 0. The number of allylic oxidation sites excluding steroid dienone is 1. The van der Waals surface area contributed by atoms with Gasteiger partial charge in [0, 0.05) is 4.91 Å². The summed E-state index contributed by atoms with van der Waals surface area (Å²) in [7, 11) is 0. The maximum absolute atomic E-state index is 11.0. The van der Waals surface area contributed by atoms with Crippen molar-refractivity contribution in [2.45, 2.75) is 18.7 Å². The molecule has 0 aromatic carbocycles. The van der Waals surface area contributed by atoms with Crippen molar-refractivity contribution < 1.29 is 66.1 Å². The van der Waals surface area contributed by atoms with Crippen LogP contribution in [0.25, 0.3) is 0 Å². The molecule has 0 aliphatic carbocycles. The zero-order valence-electron chi connectivity index (χ0n) is 7.36. The van der Waals surface area contributed by atoms with Gasteiger partial charge in [-0.25, -0.2) is 0 Å². The van der Waals surface area contributed by atoms with E-state index in [2.05, 4.69) is 0 Å². The van der Waals surface area contributed by atoms with Crippen LogP contribution in [0.4, 0.5) is 0 Å². The van der Waals surface area contributed by atoms with E-state index in [1.54, 1.807) is 6.92 Å². The SMILES string of the molecule is CC1=C(C(=O)[O-])N2C(=O)C[C@@H]2S1.[K+]. The van der Waals surface area contributed by atoms with Gasteiger partial charge < -0.3 is 9.90 Å². The maximum Gasteiger partial charge on any atom is 1.00 e. The normalized spacial score (nSPS) is 25.2. The molecule has 2 heterocycles. The molecular formula is C7H6KNO3S. The summed E-state index contributed by atoms with van der Waals surface area (Å²) in [5, 5.41) is 10.6. The Morgan fingerprint density at radius 1 is 1.69 bits per heavy atom. The predicted octanol–water partition coefficient (Wildman–Crippen LogP) is -3.72. The summed E-state index contributed by atoms with van der Waals surface area (Å²) in [5.41, 5.74) is 0.0567. The van der Waals surface area contributed by atoms with Crippen LogP contribution in [0.2, 0.25) is 0 Å². The van der Waals surface area contributed by atoms with Crippen molar-refractivity contribution in [1.82, 2.24) is 4.90 Å². The minimum atomic E-state index is -1.25. The molecule has 1 fully saturated rings. The van der Waals surface area contributed by atoms with Gasteiger partial charge in [0.25, 0.3) is 0 Å². The van der Waals surface area contributed by atoms with E-state index < -0.39 is 5.97 Å². The molecule has 0 radical (unpaired) electrons. The van der Waals surface area contributed by atoms with E-state index in [0.717, 1.165) is 0 Å². The molecule has 0 aromatic heterocycles. The number of aliphatic carboxylic acids is 1. The minimum Gasteiger partial charge on any atom is -0.543 e. The monoisotopic (exact) mass is 223 g/mol. The quantitative estimate of drug-likeness (QED) is 0.339. The molecule has 1 atom stereocenters. The number of hydrogen-bond acceptors (Lipinski definition) is 4. The number of nitrogens with zero attached hydrogens (tertiary/aromatic N) is 1. The van der Waals surface area contributed by atoms with E-state index in [1.165, 1.54) is 16.7 Å². The topological polar surface area (TPSA) is 60.4 Å². The molecule has 0 unspecified atom stereocenters. The number of hydrogen-bond donors (Lipinski definition) is 0. The number of carbonyl (C=O) groups excluding carboxylic acids is 2. The number of carboxylic acid groups (broad SMARTS) is 1. The van der Waals surface area contributed by atoms with Crippen molar-refractivity contribution in [3.8, 4) is 0 Å². The molecule has 6 heteroatoms. The summed E-state index contributed by atoms with van der Waals surface area (Å²) >= 11 is 1.42. The first-order chi connectivity index (χ1) is 5.61. The van der Waals surface area contributed by atoms with E-state index >= 15 is 0 Å². The van der Waals surface area contributed by atoms with Crippen molar-refractivity contribution in [3.63, 3.8) is 0 Å². The summed E-state index contributed by atoms with van der Waals surface area (Å²) in [5.74, 6) is -1.38. The van der Waals surface area contributed by atoms with Crippen LogP contribution in [0.5, 0.6) is 0 Å². The van der Waals surface area contributed by atoms with Crippen molar-refractivity contribution in [3.05, 3.63) is 10.6 Å². The van der Waals surface area contributed by atoms with Crippen LogP contribution in [-0.4, -0.2) is 22.2 Å². The first-order valence-electron chi connectivity index (χ1n) is 3.52. The van der Waals surface area contributed by atoms with Gasteiger partial charge in [-0.1, -0.05) is 0 Å². The fourth-order valence-electron chi connectivity index (χ4n) is 1.42. The van der Waals surface area contributed by atoms with Gasteiger partial charge in [-0.3, -0.25) is 9.69 Å². The zero-order chi connectivity index (χ0) is 8.88. The molecule has 4 nitrogen and oxygen atoms in total. The fraction of sp³-hybridized carbons (Fsp3) is 0.429. The number of β-lactam (4-membered cyclic amide) rings is 1. The van der Waals surface area contributed by atoms with Crippen molar-refractivity contribution >= 4 is 23.6 Å². The third-order valence-corrected chi connectivity index (χ3v) is 3.18. The van der Waals surface area contributed by atoms with Gasteiger partial charge in [0.2, 0.25) is 5.91 Å². The first kappa shape index (κ1) is 11.7. The Balaban J connectivity index is 0.000000845. The standard InChI is InChI=1S/C7H7NO3S.K/c1-3-6(7(10)11)8-4(9)2-5(8)12-3;/h5H,2H2,1H3,(H,10,11);/q;+1/p-1/t5-;/m0./s1. The third kappa shape index (κ3) is 1.75. The van der Waals surface area contributed by atoms with E-state index in [9.17, 15) is 14.7 Å². The van der Waals surface area contributed by atoms with Gasteiger partial charge in [-0.15, -0.1) is 11.8 Å². The van der Waals surface area contributed by atoms with Gasteiger partial charge in [0.1, 0.15) is 0 Å². The molecule has 0 N–H and O–H groups in total. The molecule has 2 aliphatic heterocycles. The molecule has 0 saturated carbocycles. The number of thioether (sulfide) groups is 1. The second-order valence-electron chi connectivity index (χ2n) is 2.73. The predicted molar refractivity (Wildman–Crippen MR) is 40.5 cm³/mol. The summed E-state index contributed by atoms with van der Waals surface area (Å²) in [6.45, 7) is 1.70. The van der Waals surface area contributed by atoms with Crippen LogP contribution >= 0.6 is 11.8 Å². The van der Waals surface area contributed by atoms with Crippen LogP contribution in [0, 0.1) is 0 Å². The molecule has 0 bridgehead atoms. The number of carbonyl (C=O) groups is 2. The number of fused-ring (bicyclic) bond motifs is 1. The first-order valence-corrected chi connectivity index (χ1v) is 4.40. The van der Waals surface area contributed by atoms with E-state index in [-0.39, 0.29) is 68.4 Å². The molecule has 0 aromatic rings. The number of rotatable bonds is 1.